The average molecular weight is 330 g/mol. The summed E-state index contributed by atoms with van der Waals surface area (Å²) in [5, 5.41) is 11.6. The van der Waals surface area contributed by atoms with Crippen LogP contribution in [0.4, 0.5) is 11.4 Å². The van der Waals surface area contributed by atoms with Gasteiger partial charge in [-0.1, -0.05) is 34.8 Å². The summed E-state index contributed by atoms with van der Waals surface area (Å²) in [4.78, 5) is 14.2. The van der Waals surface area contributed by atoms with Crippen LogP contribution in [0, 0.1) is 10.1 Å². The fraction of sp³-hybridized carbons (Fsp3) is 0. The molecule has 4 nitrogen and oxygen atoms in total. The minimum absolute atomic E-state index is 0.0182. The summed E-state index contributed by atoms with van der Waals surface area (Å²) in [5.74, 6) is 0. The van der Waals surface area contributed by atoms with Crippen molar-refractivity contribution in [3.63, 3.8) is 0 Å². The molecule has 0 amide bonds. The number of nitro groups is 1. The largest absolute Gasteiger partial charge is 0.269 e. The molecule has 0 fully saturated rings. The van der Waals surface area contributed by atoms with Crippen molar-refractivity contribution in [2.24, 2.45) is 4.99 Å². The van der Waals surface area contributed by atoms with E-state index in [4.69, 9.17) is 34.8 Å². The fourth-order valence-corrected chi connectivity index (χ4v) is 2.39. The highest BCUT2D eigenvalue weighted by atomic mass is 35.5. The first-order valence-corrected chi connectivity index (χ1v) is 6.54. The van der Waals surface area contributed by atoms with Crippen molar-refractivity contribution < 1.29 is 4.92 Å². The molecule has 0 aromatic heterocycles. The van der Waals surface area contributed by atoms with Crippen LogP contribution in [0.2, 0.25) is 15.1 Å². The maximum absolute atomic E-state index is 10.5. The lowest BCUT2D eigenvalue weighted by Gasteiger charge is -2.02. The summed E-state index contributed by atoms with van der Waals surface area (Å²) in [6.07, 6.45) is 1.52. The third-order valence-electron chi connectivity index (χ3n) is 2.43. The first kappa shape index (κ1) is 14.8. The number of rotatable bonds is 3. The van der Waals surface area contributed by atoms with Crippen LogP contribution in [-0.2, 0) is 0 Å². The molecule has 7 heteroatoms. The first-order valence-electron chi connectivity index (χ1n) is 5.40. The topological polar surface area (TPSA) is 55.5 Å². The second-order valence-electron chi connectivity index (χ2n) is 3.82. The van der Waals surface area contributed by atoms with Gasteiger partial charge in [0.1, 0.15) is 5.69 Å². The number of non-ortho nitro benzene ring substituents is 1. The lowest BCUT2D eigenvalue weighted by Crippen LogP contribution is -1.88. The second-order valence-corrected chi connectivity index (χ2v) is 5.08. The Hall–Kier alpha value is -1.62. The van der Waals surface area contributed by atoms with Crippen molar-refractivity contribution in [2.45, 2.75) is 0 Å². The van der Waals surface area contributed by atoms with Crippen molar-refractivity contribution in [3.8, 4) is 0 Å². The smallest absolute Gasteiger partial charge is 0.258 e. The van der Waals surface area contributed by atoms with Crippen molar-refractivity contribution in [1.29, 1.82) is 0 Å². The number of hydrogen-bond donors (Lipinski definition) is 0. The molecule has 2 rings (SSSR count). The molecule has 2 aromatic carbocycles. The fourth-order valence-electron chi connectivity index (χ4n) is 1.48. The van der Waals surface area contributed by atoms with E-state index in [0.29, 0.717) is 26.3 Å². The molecule has 0 unspecified atom stereocenters. The van der Waals surface area contributed by atoms with Crippen LogP contribution >= 0.6 is 34.8 Å². The van der Waals surface area contributed by atoms with E-state index >= 15 is 0 Å². The molecule has 0 saturated carbocycles. The molecule has 0 atom stereocenters. The number of hydrogen-bond acceptors (Lipinski definition) is 3. The number of halogens is 3. The molecule has 0 aliphatic rings. The Bertz CT molecular complexity index is 662. The van der Waals surface area contributed by atoms with Gasteiger partial charge in [0.25, 0.3) is 5.69 Å². The van der Waals surface area contributed by atoms with Gasteiger partial charge in [0.05, 0.1) is 15.0 Å². The Balaban J connectivity index is 2.27. The molecule has 20 heavy (non-hydrogen) atoms. The molecule has 0 bridgehead atoms. The molecule has 0 aliphatic heterocycles. The normalized spacial score (nSPS) is 10.9. The van der Waals surface area contributed by atoms with Crippen LogP contribution in [0.15, 0.2) is 41.4 Å². The predicted molar refractivity (Wildman–Crippen MR) is 81.8 cm³/mol. The van der Waals surface area contributed by atoms with Gasteiger partial charge in [-0.2, -0.15) is 0 Å². The summed E-state index contributed by atoms with van der Waals surface area (Å²) in [6, 6.07) is 9.03. The summed E-state index contributed by atoms with van der Waals surface area (Å²) in [7, 11) is 0. The summed E-state index contributed by atoms with van der Waals surface area (Å²) in [6.45, 7) is 0. The quantitative estimate of drug-likeness (QED) is 0.435. The summed E-state index contributed by atoms with van der Waals surface area (Å²) < 4.78 is 0. The van der Waals surface area contributed by atoms with E-state index in [0.717, 1.165) is 0 Å². The minimum atomic E-state index is -0.464. The van der Waals surface area contributed by atoms with Crippen molar-refractivity contribution in [1.82, 2.24) is 0 Å². The van der Waals surface area contributed by atoms with Crippen LogP contribution in [0.5, 0.6) is 0 Å². The van der Waals surface area contributed by atoms with Crippen molar-refractivity contribution in [2.75, 3.05) is 0 Å². The highest BCUT2D eigenvalue weighted by Gasteiger charge is 2.06. The third kappa shape index (κ3) is 3.48. The van der Waals surface area contributed by atoms with Gasteiger partial charge in [0.2, 0.25) is 0 Å². The van der Waals surface area contributed by atoms with Gasteiger partial charge in [-0.3, -0.25) is 15.1 Å². The molecule has 0 radical (unpaired) electrons. The number of benzene rings is 2. The Morgan fingerprint density at radius 3 is 2.10 bits per heavy atom. The molecule has 0 aliphatic carbocycles. The lowest BCUT2D eigenvalue weighted by molar-refractivity contribution is -0.384. The van der Waals surface area contributed by atoms with E-state index < -0.39 is 4.92 Å². The molecular formula is C13H7Cl3N2O2. The van der Waals surface area contributed by atoms with E-state index in [-0.39, 0.29) is 5.69 Å². The van der Waals surface area contributed by atoms with Crippen molar-refractivity contribution >= 4 is 52.4 Å². The summed E-state index contributed by atoms with van der Waals surface area (Å²) in [5.41, 5.74) is 1.11. The van der Waals surface area contributed by atoms with Gasteiger partial charge < -0.3 is 0 Å². The molecular weight excluding hydrogens is 323 g/mol. The average Bonchev–Trinajstić information content (AvgIpc) is 2.38. The zero-order valence-electron chi connectivity index (χ0n) is 9.89. The Morgan fingerprint density at radius 1 is 1.05 bits per heavy atom. The van der Waals surface area contributed by atoms with Crippen LogP contribution in [0.3, 0.4) is 0 Å². The number of nitro benzene ring substituents is 1. The SMILES string of the molecule is O=[N+]([O-])c1ccc(C=Nc2c(Cl)cc(Cl)cc2Cl)cc1. The number of nitrogens with zero attached hydrogens (tertiary/aromatic N) is 2. The Morgan fingerprint density at radius 2 is 1.60 bits per heavy atom. The van der Waals surface area contributed by atoms with Crippen molar-refractivity contribution in [3.05, 3.63) is 67.1 Å². The standard InChI is InChI=1S/C13H7Cl3N2O2/c14-9-5-11(15)13(12(16)6-9)17-7-8-1-3-10(4-2-8)18(19)20/h1-7H. The third-order valence-corrected chi connectivity index (χ3v) is 3.22. The van der Waals surface area contributed by atoms with E-state index in [1.807, 2.05) is 0 Å². The highest BCUT2D eigenvalue weighted by molar-refractivity contribution is 6.41. The monoisotopic (exact) mass is 328 g/mol. The van der Waals surface area contributed by atoms with Crippen LogP contribution in [0.25, 0.3) is 0 Å². The molecule has 0 N–H and O–H groups in total. The van der Waals surface area contributed by atoms with Gasteiger partial charge >= 0.3 is 0 Å². The molecule has 0 heterocycles. The molecule has 0 saturated heterocycles. The van der Waals surface area contributed by atoms with Crippen LogP contribution < -0.4 is 0 Å². The van der Waals surface area contributed by atoms with E-state index in [1.165, 1.54) is 30.5 Å². The van der Waals surface area contributed by atoms with E-state index in [9.17, 15) is 10.1 Å². The Kier molecular flexibility index (Phi) is 4.60. The zero-order valence-corrected chi connectivity index (χ0v) is 12.2. The van der Waals surface area contributed by atoms with Gasteiger partial charge in [0, 0.05) is 23.4 Å². The highest BCUT2D eigenvalue weighted by Crippen LogP contribution is 2.35. The first-order chi connectivity index (χ1) is 9.47. The van der Waals surface area contributed by atoms with Crippen LogP contribution in [-0.4, -0.2) is 11.1 Å². The molecule has 102 valence electrons. The maximum atomic E-state index is 10.5. The zero-order chi connectivity index (χ0) is 14.7. The Labute approximate surface area is 129 Å². The van der Waals surface area contributed by atoms with Gasteiger partial charge in [-0.15, -0.1) is 0 Å². The maximum Gasteiger partial charge on any atom is 0.269 e. The lowest BCUT2D eigenvalue weighted by atomic mass is 10.2. The molecule has 2 aromatic rings. The van der Waals surface area contributed by atoms with E-state index in [2.05, 4.69) is 4.99 Å². The number of aliphatic imine (C=N–C) groups is 1. The predicted octanol–water partition coefficient (Wildman–Crippen LogP) is 5.31. The second kappa shape index (κ2) is 6.22. The van der Waals surface area contributed by atoms with Gasteiger partial charge in [-0.25, -0.2) is 0 Å². The minimum Gasteiger partial charge on any atom is -0.258 e. The van der Waals surface area contributed by atoms with Gasteiger partial charge in [0.15, 0.2) is 0 Å². The van der Waals surface area contributed by atoms with E-state index in [1.54, 1.807) is 12.1 Å². The van der Waals surface area contributed by atoms with Gasteiger partial charge in [-0.05, 0) is 29.8 Å². The molecule has 0 spiro atoms. The van der Waals surface area contributed by atoms with Crippen LogP contribution in [0.1, 0.15) is 5.56 Å². The summed E-state index contributed by atoms with van der Waals surface area (Å²) >= 11 is 17.8.